The van der Waals surface area contributed by atoms with E-state index in [1.54, 1.807) is 24.3 Å². The summed E-state index contributed by atoms with van der Waals surface area (Å²) in [5.74, 6) is -0.396. The molecule has 1 atom stereocenters. The molecular weight excluding hydrogens is 200 g/mol. The zero-order valence-corrected chi connectivity index (χ0v) is 8.40. The van der Waals surface area contributed by atoms with E-state index in [0.29, 0.717) is 5.02 Å². The quantitative estimate of drug-likeness (QED) is 0.566. The fourth-order valence-corrected chi connectivity index (χ4v) is 1.11. The maximum absolute atomic E-state index is 8.85. The van der Waals surface area contributed by atoms with Crippen LogP contribution in [-0.4, -0.2) is 13.3 Å². The first kappa shape index (κ1) is 10.6. The minimum Gasteiger partial charge on any atom is -0.399 e. The van der Waals surface area contributed by atoms with Crippen LogP contribution in [0.5, 0.6) is 0 Å². The first-order valence-corrected chi connectivity index (χ1v) is 4.37. The number of oxime groups is 1. The van der Waals surface area contributed by atoms with Gasteiger partial charge in [-0.25, -0.2) is 0 Å². The molecule has 1 aromatic carbocycles. The Balaban J connectivity index is 2.86. The third-order valence-electron chi connectivity index (χ3n) is 1.68. The van der Waals surface area contributed by atoms with E-state index in [4.69, 9.17) is 16.9 Å². The fraction of sp³-hybridized carbons (Fsp3) is 0.200. The van der Waals surface area contributed by atoms with Gasteiger partial charge >= 0.3 is 0 Å². The second-order valence-corrected chi connectivity index (χ2v) is 3.03. The Morgan fingerprint density at radius 3 is 2.64 bits per heavy atom. The molecule has 0 spiro atoms. The smallest absolute Gasteiger partial charge is 0.110 e. The molecule has 1 rings (SSSR count). The Morgan fingerprint density at radius 2 is 2.14 bits per heavy atom. The molecular formula is C10H9ClN2O. The summed E-state index contributed by atoms with van der Waals surface area (Å²) in [6.45, 7) is 0. The topological polar surface area (TPSA) is 45.4 Å². The van der Waals surface area contributed by atoms with E-state index >= 15 is 0 Å². The molecule has 0 N–H and O–H groups in total. The van der Waals surface area contributed by atoms with Gasteiger partial charge in [-0.15, -0.1) is 0 Å². The summed E-state index contributed by atoms with van der Waals surface area (Å²) in [6.07, 6.45) is 1.45. The van der Waals surface area contributed by atoms with Gasteiger partial charge in [-0.05, 0) is 17.7 Å². The van der Waals surface area contributed by atoms with E-state index in [-0.39, 0.29) is 0 Å². The maximum atomic E-state index is 8.85. The van der Waals surface area contributed by atoms with E-state index in [9.17, 15) is 0 Å². The van der Waals surface area contributed by atoms with Crippen molar-refractivity contribution in [1.82, 2.24) is 0 Å². The highest BCUT2D eigenvalue weighted by molar-refractivity contribution is 6.30. The first-order chi connectivity index (χ1) is 6.77. The van der Waals surface area contributed by atoms with Crippen molar-refractivity contribution in [2.75, 3.05) is 7.11 Å². The number of hydrogen-bond acceptors (Lipinski definition) is 3. The Morgan fingerprint density at radius 1 is 1.50 bits per heavy atom. The van der Waals surface area contributed by atoms with Gasteiger partial charge in [-0.2, -0.15) is 5.26 Å². The molecule has 0 bridgehead atoms. The molecule has 0 fully saturated rings. The number of nitriles is 1. The summed E-state index contributed by atoms with van der Waals surface area (Å²) in [5, 5.41) is 13.1. The fourth-order valence-electron chi connectivity index (χ4n) is 0.986. The summed E-state index contributed by atoms with van der Waals surface area (Å²) in [5.41, 5.74) is 0.845. The van der Waals surface area contributed by atoms with Crippen LogP contribution in [0.2, 0.25) is 5.02 Å². The zero-order valence-electron chi connectivity index (χ0n) is 7.64. The van der Waals surface area contributed by atoms with Crippen molar-refractivity contribution in [3.63, 3.8) is 0 Å². The van der Waals surface area contributed by atoms with Gasteiger partial charge in [-0.3, -0.25) is 0 Å². The molecule has 0 aliphatic heterocycles. The van der Waals surface area contributed by atoms with Crippen LogP contribution in [0.4, 0.5) is 0 Å². The highest BCUT2D eigenvalue weighted by atomic mass is 35.5. The van der Waals surface area contributed by atoms with E-state index in [0.717, 1.165) is 5.56 Å². The molecule has 72 valence electrons. The molecule has 0 aromatic heterocycles. The van der Waals surface area contributed by atoms with Crippen LogP contribution in [0.3, 0.4) is 0 Å². The van der Waals surface area contributed by atoms with Crippen molar-refractivity contribution in [3.8, 4) is 6.07 Å². The highest BCUT2D eigenvalue weighted by Gasteiger charge is 2.06. The number of rotatable bonds is 3. The Bertz CT molecular complexity index is 353. The first-order valence-electron chi connectivity index (χ1n) is 3.99. The maximum Gasteiger partial charge on any atom is 0.110 e. The van der Waals surface area contributed by atoms with Crippen molar-refractivity contribution < 1.29 is 4.84 Å². The summed E-state index contributed by atoms with van der Waals surface area (Å²) < 4.78 is 0. The summed E-state index contributed by atoms with van der Waals surface area (Å²) in [7, 11) is 1.44. The van der Waals surface area contributed by atoms with E-state index < -0.39 is 5.92 Å². The second-order valence-electron chi connectivity index (χ2n) is 2.60. The average Bonchev–Trinajstić information content (AvgIpc) is 2.21. The van der Waals surface area contributed by atoms with Crippen LogP contribution in [-0.2, 0) is 4.84 Å². The van der Waals surface area contributed by atoms with Crippen molar-refractivity contribution >= 4 is 17.8 Å². The van der Waals surface area contributed by atoms with Gasteiger partial charge in [0.1, 0.15) is 13.0 Å². The van der Waals surface area contributed by atoms with Crippen molar-refractivity contribution in [3.05, 3.63) is 34.9 Å². The minimum atomic E-state index is -0.396. The lowest BCUT2D eigenvalue weighted by atomic mass is 10.0. The minimum absolute atomic E-state index is 0.396. The Kier molecular flexibility index (Phi) is 3.96. The van der Waals surface area contributed by atoms with Crippen LogP contribution in [0.25, 0.3) is 0 Å². The lowest BCUT2D eigenvalue weighted by Gasteiger charge is -2.02. The molecule has 0 unspecified atom stereocenters. The van der Waals surface area contributed by atoms with Crippen LogP contribution < -0.4 is 0 Å². The van der Waals surface area contributed by atoms with Crippen molar-refractivity contribution in [1.29, 1.82) is 5.26 Å². The molecule has 3 nitrogen and oxygen atoms in total. The lowest BCUT2D eigenvalue weighted by molar-refractivity contribution is 0.214. The van der Waals surface area contributed by atoms with Gasteiger partial charge in [0.15, 0.2) is 0 Å². The van der Waals surface area contributed by atoms with Crippen molar-refractivity contribution in [2.45, 2.75) is 5.92 Å². The van der Waals surface area contributed by atoms with Gasteiger partial charge < -0.3 is 4.84 Å². The largest absolute Gasteiger partial charge is 0.399 e. The number of halogens is 1. The van der Waals surface area contributed by atoms with Crippen LogP contribution in [0.1, 0.15) is 11.5 Å². The molecule has 14 heavy (non-hydrogen) atoms. The van der Waals surface area contributed by atoms with Gasteiger partial charge in [0.2, 0.25) is 0 Å². The molecule has 0 aliphatic carbocycles. The van der Waals surface area contributed by atoms with E-state index in [1.165, 1.54) is 13.3 Å². The molecule has 0 saturated heterocycles. The van der Waals surface area contributed by atoms with Gasteiger partial charge in [-0.1, -0.05) is 28.9 Å². The van der Waals surface area contributed by atoms with Crippen LogP contribution in [0, 0.1) is 11.3 Å². The van der Waals surface area contributed by atoms with E-state index in [2.05, 4.69) is 16.1 Å². The molecule has 0 aliphatic rings. The SMILES string of the molecule is CO/N=C\[C@H](C#N)c1ccc(Cl)cc1. The summed E-state index contributed by atoms with van der Waals surface area (Å²) in [4.78, 5) is 4.51. The third-order valence-corrected chi connectivity index (χ3v) is 1.94. The molecule has 1 aromatic rings. The monoisotopic (exact) mass is 208 g/mol. The Labute approximate surface area is 87.5 Å². The average molecular weight is 209 g/mol. The number of nitrogens with zero attached hydrogens (tertiary/aromatic N) is 2. The van der Waals surface area contributed by atoms with Gasteiger partial charge in [0.05, 0.1) is 12.3 Å². The zero-order chi connectivity index (χ0) is 10.4. The summed E-state index contributed by atoms with van der Waals surface area (Å²) in [6, 6.07) is 9.16. The molecule has 0 heterocycles. The summed E-state index contributed by atoms with van der Waals surface area (Å²) >= 11 is 5.72. The third kappa shape index (κ3) is 2.75. The van der Waals surface area contributed by atoms with Gasteiger partial charge in [0, 0.05) is 5.02 Å². The standard InChI is InChI=1S/C10H9ClN2O/c1-14-13-7-9(6-12)8-2-4-10(11)5-3-8/h2-5,7,9H,1H3/b13-7-/t9-/m0/s1. The number of hydrogen-bond donors (Lipinski definition) is 0. The van der Waals surface area contributed by atoms with Gasteiger partial charge in [0.25, 0.3) is 0 Å². The highest BCUT2D eigenvalue weighted by Crippen LogP contribution is 2.16. The lowest BCUT2D eigenvalue weighted by Crippen LogP contribution is -1.96. The normalized spacial score (nSPS) is 12.4. The number of benzene rings is 1. The van der Waals surface area contributed by atoms with Crippen LogP contribution >= 0.6 is 11.6 Å². The molecule has 4 heteroatoms. The second kappa shape index (κ2) is 5.25. The predicted molar refractivity (Wildman–Crippen MR) is 55.3 cm³/mol. The Hall–Kier alpha value is -1.53. The molecule has 0 saturated carbocycles. The predicted octanol–water partition coefficient (Wildman–Crippen LogP) is 2.58. The van der Waals surface area contributed by atoms with Crippen LogP contribution in [0.15, 0.2) is 29.4 Å². The van der Waals surface area contributed by atoms with E-state index in [1.807, 2.05) is 0 Å². The molecule has 0 amide bonds. The van der Waals surface area contributed by atoms with Crippen molar-refractivity contribution in [2.24, 2.45) is 5.16 Å². The molecule has 0 radical (unpaired) electrons.